The molecule has 0 aliphatic heterocycles. The normalized spacial score (nSPS) is 10.4. The molecule has 2 aromatic carbocycles. The molecule has 0 fully saturated rings. The molecule has 0 aliphatic carbocycles. The number of carbonyl (C=O) groups is 1. The lowest BCUT2D eigenvalue weighted by Crippen LogP contribution is -2.24. The summed E-state index contributed by atoms with van der Waals surface area (Å²) in [7, 11) is 1.65. The number of nitrogens with zero attached hydrogens (tertiary/aromatic N) is 2. The molecule has 1 amide bonds. The number of ether oxygens (including phenoxy) is 1. The second-order valence-electron chi connectivity index (χ2n) is 6.48. The van der Waals surface area contributed by atoms with Gasteiger partial charge in [0.25, 0.3) is 5.91 Å². The van der Waals surface area contributed by atoms with Crippen molar-refractivity contribution in [1.29, 1.82) is 0 Å². The van der Waals surface area contributed by atoms with Gasteiger partial charge in [0.1, 0.15) is 28.9 Å². The zero-order chi connectivity index (χ0) is 20.6. The Balaban J connectivity index is 1.59. The van der Waals surface area contributed by atoms with Crippen LogP contribution in [0.5, 0.6) is 5.75 Å². The van der Waals surface area contributed by atoms with Crippen LogP contribution in [0.4, 0.5) is 10.2 Å². The molecule has 150 valence electrons. The maximum absolute atomic E-state index is 13.0. The van der Waals surface area contributed by atoms with Crippen molar-refractivity contribution in [2.45, 2.75) is 19.9 Å². The fraction of sp³-hybridized carbons (Fsp3) is 0.227. The third kappa shape index (κ3) is 5.75. The predicted octanol–water partition coefficient (Wildman–Crippen LogP) is 3.52. The highest BCUT2D eigenvalue weighted by molar-refractivity contribution is 5.92. The second kappa shape index (κ2) is 9.64. The van der Waals surface area contributed by atoms with Crippen LogP contribution in [0.25, 0.3) is 0 Å². The molecule has 3 rings (SSSR count). The number of amides is 1. The van der Waals surface area contributed by atoms with Crippen LogP contribution in [0.3, 0.4) is 0 Å². The molecular formula is C22H23FN4O2. The molecule has 0 aliphatic rings. The van der Waals surface area contributed by atoms with E-state index in [2.05, 4.69) is 20.6 Å². The maximum atomic E-state index is 13.0. The van der Waals surface area contributed by atoms with E-state index in [-0.39, 0.29) is 17.4 Å². The standard InChI is InChI=1S/C22H23FN4O2/c1-15-26-19(22(28)25-14-16-7-9-18(23)10-8-16)13-21(27-15)24-12-11-17-5-3-4-6-20(17)29-2/h3-10,13H,11-12,14H2,1-2H3,(H,25,28)(H,24,26,27). The van der Waals surface area contributed by atoms with Crippen LogP contribution < -0.4 is 15.4 Å². The van der Waals surface area contributed by atoms with Gasteiger partial charge in [-0.1, -0.05) is 30.3 Å². The van der Waals surface area contributed by atoms with Gasteiger partial charge in [-0.05, 0) is 42.7 Å². The minimum absolute atomic E-state index is 0.277. The minimum atomic E-state index is -0.312. The van der Waals surface area contributed by atoms with Gasteiger partial charge in [0, 0.05) is 19.2 Å². The Morgan fingerprint density at radius 2 is 1.86 bits per heavy atom. The number of halogens is 1. The fourth-order valence-electron chi connectivity index (χ4n) is 2.88. The van der Waals surface area contributed by atoms with E-state index in [1.54, 1.807) is 32.2 Å². The lowest BCUT2D eigenvalue weighted by atomic mass is 10.1. The molecule has 0 spiro atoms. The van der Waals surface area contributed by atoms with Crippen LogP contribution in [0.1, 0.15) is 27.4 Å². The lowest BCUT2D eigenvalue weighted by Gasteiger charge is -2.11. The molecule has 0 saturated carbocycles. The van der Waals surface area contributed by atoms with E-state index in [9.17, 15) is 9.18 Å². The van der Waals surface area contributed by atoms with E-state index in [0.29, 0.717) is 24.7 Å². The first-order chi connectivity index (χ1) is 14.0. The Morgan fingerprint density at radius 1 is 1.10 bits per heavy atom. The molecule has 0 radical (unpaired) electrons. The van der Waals surface area contributed by atoms with Crippen molar-refractivity contribution in [2.24, 2.45) is 0 Å². The monoisotopic (exact) mass is 394 g/mol. The first-order valence-electron chi connectivity index (χ1n) is 9.29. The smallest absolute Gasteiger partial charge is 0.270 e. The second-order valence-corrected chi connectivity index (χ2v) is 6.48. The van der Waals surface area contributed by atoms with Crippen LogP contribution in [0.2, 0.25) is 0 Å². The molecule has 2 N–H and O–H groups in total. The molecule has 3 aromatic rings. The third-order valence-electron chi connectivity index (χ3n) is 4.33. The highest BCUT2D eigenvalue weighted by Crippen LogP contribution is 2.18. The van der Waals surface area contributed by atoms with Crippen molar-refractivity contribution in [3.05, 3.63) is 83.1 Å². The average molecular weight is 394 g/mol. The largest absolute Gasteiger partial charge is 0.496 e. The van der Waals surface area contributed by atoms with E-state index in [1.165, 1.54) is 12.1 Å². The molecule has 0 unspecified atom stereocenters. The van der Waals surface area contributed by atoms with Crippen LogP contribution in [0, 0.1) is 12.7 Å². The van der Waals surface area contributed by atoms with Gasteiger partial charge in [0.15, 0.2) is 0 Å². The molecule has 0 atom stereocenters. The summed E-state index contributed by atoms with van der Waals surface area (Å²) in [6.45, 7) is 2.66. The van der Waals surface area contributed by atoms with Crippen molar-refractivity contribution < 1.29 is 13.9 Å². The van der Waals surface area contributed by atoms with Crippen LogP contribution in [-0.4, -0.2) is 29.5 Å². The third-order valence-corrected chi connectivity index (χ3v) is 4.33. The molecule has 29 heavy (non-hydrogen) atoms. The first kappa shape index (κ1) is 20.3. The van der Waals surface area contributed by atoms with E-state index >= 15 is 0 Å². The summed E-state index contributed by atoms with van der Waals surface area (Å²) < 4.78 is 18.3. The summed E-state index contributed by atoms with van der Waals surface area (Å²) in [6, 6.07) is 15.4. The molecule has 1 heterocycles. The lowest BCUT2D eigenvalue weighted by molar-refractivity contribution is 0.0945. The van der Waals surface area contributed by atoms with Crippen LogP contribution in [0.15, 0.2) is 54.6 Å². The summed E-state index contributed by atoms with van der Waals surface area (Å²) in [6.07, 6.45) is 0.749. The summed E-state index contributed by atoms with van der Waals surface area (Å²) in [5.74, 6) is 1.30. The van der Waals surface area contributed by atoms with E-state index in [0.717, 1.165) is 23.3 Å². The predicted molar refractivity (Wildman–Crippen MR) is 110 cm³/mol. The summed E-state index contributed by atoms with van der Waals surface area (Å²) in [4.78, 5) is 21.0. The Morgan fingerprint density at radius 3 is 2.62 bits per heavy atom. The Kier molecular flexibility index (Phi) is 6.73. The molecular weight excluding hydrogens is 371 g/mol. The molecule has 6 nitrogen and oxygen atoms in total. The molecule has 1 aromatic heterocycles. The van der Waals surface area contributed by atoms with Crippen molar-refractivity contribution >= 4 is 11.7 Å². The SMILES string of the molecule is COc1ccccc1CCNc1cc(C(=O)NCc2ccc(F)cc2)nc(C)n1. The average Bonchev–Trinajstić information content (AvgIpc) is 2.73. The first-order valence-corrected chi connectivity index (χ1v) is 9.29. The van der Waals surface area contributed by atoms with Gasteiger partial charge >= 0.3 is 0 Å². The van der Waals surface area contributed by atoms with Crippen LogP contribution in [-0.2, 0) is 13.0 Å². The molecule has 0 saturated heterocycles. The van der Waals surface area contributed by atoms with Gasteiger partial charge in [-0.3, -0.25) is 4.79 Å². The highest BCUT2D eigenvalue weighted by atomic mass is 19.1. The van der Waals surface area contributed by atoms with Gasteiger partial charge in [-0.25, -0.2) is 14.4 Å². The van der Waals surface area contributed by atoms with Gasteiger partial charge in [-0.2, -0.15) is 0 Å². The Labute approximate surface area is 169 Å². The maximum Gasteiger partial charge on any atom is 0.270 e. The number of nitrogens with one attached hydrogen (secondary N) is 2. The zero-order valence-corrected chi connectivity index (χ0v) is 16.4. The summed E-state index contributed by atoms with van der Waals surface area (Å²) in [5.41, 5.74) is 2.17. The van der Waals surface area contributed by atoms with Gasteiger partial charge in [0.2, 0.25) is 0 Å². The highest BCUT2D eigenvalue weighted by Gasteiger charge is 2.11. The van der Waals surface area contributed by atoms with Gasteiger partial charge < -0.3 is 15.4 Å². The van der Waals surface area contributed by atoms with Crippen molar-refractivity contribution in [2.75, 3.05) is 19.0 Å². The minimum Gasteiger partial charge on any atom is -0.496 e. The van der Waals surface area contributed by atoms with Crippen LogP contribution >= 0.6 is 0 Å². The number of hydrogen-bond acceptors (Lipinski definition) is 5. The number of para-hydroxylation sites is 1. The summed E-state index contributed by atoms with van der Waals surface area (Å²) in [5, 5.41) is 6.02. The molecule has 0 bridgehead atoms. The van der Waals surface area contributed by atoms with Crippen molar-refractivity contribution in [3.63, 3.8) is 0 Å². The van der Waals surface area contributed by atoms with E-state index < -0.39 is 0 Å². The number of aromatic nitrogens is 2. The Hall–Kier alpha value is -3.48. The summed E-state index contributed by atoms with van der Waals surface area (Å²) >= 11 is 0. The van der Waals surface area contributed by atoms with Gasteiger partial charge in [-0.15, -0.1) is 0 Å². The number of aryl methyl sites for hydroxylation is 1. The van der Waals surface area contributed by atoms with E-state index in [4.69, 9.17) is 4.74 Å². The Bertz CT molecular complexity index is 977. The quantitative estimate of drug-likeness (QED) is 0.611. The van der Waals surface area contributed by atoms with Crippen molar-refractivity contribution in [3.8, 4) is 5.75 Å². The fourth-order valence-corrected chi connectivity index (χ4v) is 2.88. The van der Waals surface area contributed by atoms with Gasteiger partial charge in [0.05, 0.1) is 7.11 Å². The number of anilines is 1. The number of carbonyl (C=O) groups excluding carboxylic acids is 1. The topological polar surface area (TPSA) is 76.1 Å². The van der Waals surface area contributed by atoms with Crippen molar-refractivity contribution in [1.82, 2.24) is 15.3 Å². The molecule has 7 heteroatoms. The van der Waals surface area contributed by atoms with E-state index in [1.807, 2.05) is 24.3 Å². The number of benzene rings is 2. The number of rotatable bonds is 8. The number of methoxy groups -OCH3 is 1. The zero-order valence-electron chi connectivity index (χ0n) is 16.4. The number of hydrogen-bond donors (Lipinski definition) is 2.